The molecule has 90 valence electrons. The molecule has 4 heteroatoms. The minimum atomic E-state index is 0.656. The first-order valence-electron chi connectivity index (χ1n) is 6.14. The number of piperazine rings is 1. The Hall–Kier alpha value is -0.870. The second-order valence-corrected chi connectivity index (χ2v) is 4.70. The van der Waals surface area contributed by atoms with E-state index in [4.69, 9.17) is 0 Å². The maximum atomic E-state index is 4.39. The summed E-state index contributed by atoms with van der Waals surface area (Å²) in [6.07, 6.45) is 1.21. The van der Waals surface area contributed by atoms with Gasteiger partial charge in [0, 0.05) is 39.3 Å². The fraction of sp³-hybridized carbons (Fsp3) is 0.750. The van der Waals surface area contributed by atoms with Gasteiger partial charge in [-0.3, -0.25) is 9.58 Å². The lowest BCUT2D eigenvalue weighted by Gasteiger charge is -2.33. The quantitative estimate of drug-likeness (QED) is 0.825. The van der Waals surface area contributed by atoms with Crippen molar-refractivity contribution in [3.63, 3.8) is 0 Å². The zero-order chi connectivity index (χ0) is 11.5. The Labute approximate surface area is 97.6 Å². The van der Waals surface area contributed by atoms with E-state index in [9.17, 15) is 0 Å². The standard InChI is InChI=1S/C12H22N4/c1-4-11-8-16(6-5-13-11)9-12-7-10(2)14-15(12)3/h7,11,13H,4-6,8-9H2,1-3H3. The van der Waals surface area contributed by atoms with Gasteiger partial charge in [-0.25, -0.2) is 0 Å². The van der Waals surface area contributed by atoms with Crippen molar-refractivity contribution in [3.05, 3.63) is 17.5 Å². The summed E-state index contributed by atoms with van der Waals surface area (Å²) >= 11 is 0. The van der Waals surface area contributed by atoms with Crippen LogP contribution in [0.2, 0.25) is 0 Å². The molecule has 0 saturated carbocycles. The average Bonchev–Trinajstić information content (AvgIpc) is 2.58. The largest absolute Gasteiger partial charge is 0.311 e. The highest BCUT2D eigenvalue weighted by Gasteiger charge is 2.18. The predicted molar refractivity (Wildman–Crippen MR) is 65.3 cm³/mol. The third-order valence-corrected chi connectivity index (χ3v) is 3.32. The van der Waals surface area contributed by atoms with Gasteiger partial charge in [0.05, 0.1) is 11.4 Å². The Morgan fingerprint density at radius 3 is 3.00 bits per heavy atom. The summed E-state index contributed by atoms with van der Waals surface area (Å²) in [7, 11) is 2.03. The van der Waals surface area contributed by atoms with Crippen LogP contribution >= 0.6 is 0 Å². The highest BCUT2D eigenvalue weighted by Crippen LogP contribution is 2.09. The molecule has 1 unspecified atom stereocenters. The number of aryl methyl sites for hydroxylation is 2. The van der Waals surface area contributed by atoms with Gasteiger partial charge >= 0.3 is 0 Å². The topological polar surface area (TPSA) is 33.1 Å². The van der Waals surface area contributed by atoms with Crippen molar-refractivity contribution >= 4 is 0 Å². The molecule has 0 amide bonds. The molecule has 1 aromatic rings. The second kappa shape index (κ2) is 4.97. The number of hydrogen-bond acceptors (Lipinski definition) is 3. The van der Waals surface area contributed by atoms with Crippen molar-refractivity contribution in [2.45, 2.75) is 32.9 Å². The Balaban J connectivity index is 1.96. The third-order valence-electron chi connectivity index (χ3n) is 3.32. The summed E-state index contributed by atoms with van der Waals surface area (Å²) in [5, 5.41) is 7.93. The molecular weight excluding hydrogens is 200 g/mol. The average molecular weight is 222 g/mol. The highest BCUT2D eigenvalue weighted by molar-refractivity contribution is 5.08. The molecule has 1 saturated heterocycles. The lowest BCUT2D eigenvalue weighted by molar-refractivity contribution is 0.186. The normalized spacial score (nSPS) is 22.6. The Morgan fingerprint density at radius 1 is 1.56 bits per heavy atom. The zero-order valence-corrected chi connectivity index (χ0v) is 10.5. The molecule has 4 nitrogen and oxygen atoms in total. The first kappa shape index (κ1) is 11.6. The molecule has 0 radical (unpaired) electrons. The molecule has 1 N–H and O–H groups in total. The van der Waals surface area contributed by atoms with Crippen molar-refractivity contribution in [2.75, 3.05) is 19.6 Å². The lowest BCUT2D eigenvalue weighted by Crippen LogP contribution is -2.49. The minimum Gasteiger partial charge on any atom is -0.311 e. The molecule has 0 aliphatic carbocycles. The summed E-state index contributed by atoms with van der Waals surface area (Å²) in [5.74, 6) is 0. The van der Waals surface area contributed by atoms with Gasteiger partial charge < -0.3 is 5.32 Å². The van der Waals surface area contributed by atoms with Crippen LogP contribution in [0.3, 0.4) is 0 Å². The van der Waals surface area contributed by atoms with Gasteiger partial charge in [-0.05, 0) is 19.4 Å². The molecule has 1 aromatic heterocycles. The Morgan fingerprint density at radius 2 is 2.38 bits per heavy atom. The first-order chi connectivity index (χ1) is 7.69. The molecule has 16 heavy (non-hydrogen) atoms. The van der Waals surface area contributed by atoms with E-state index in [1.807, 2.05) is 11.7 Å². The van der Waals surface area contributed by atoms with Gasteiger partial charge in [0.1, 0.15) is 0 Å². The van der Waals surface area contributed by atoms with E-state index in [1.165, 1.54) is 12.1 Å². The van der Waals surface area contributed by atoms with Crippen LogP contribution < -0.4 is 5.32 Å². The third kappa shape index (κ3) is 2.62. The van der Waals surface area contributed by atoms with Gasteiger partial charge in [0.2, 0.25) is 0 Å². The Bertz CT molecular complexity index is 345. The van der Waals surface area contributed by atoms with Gasteiger partial charge in [-0.1, -0.05) is 6.92 Å². The summed E-state index contributed by atoms with van der Waals surface area (Å²) in [6.45, 7) is 8.72. The molecule has 0 aromatic carbocycles. The minimum absolute atomic E-state index is 0.656. The maximum Gasteiger partial charge on any atom is 0.0597 e. The first-order valence-corrected chi connectivity index (χ1v) is 6.14. The van der Waals surface area contributed by atoms with Crippen LogP contribution in [0.4, 0.5) is 0 Å². The van der Waals surface area contributed by atoms with Crippen molar-refractivity contribution < 1.29 is 0 Å². The van der Waals surface area contributed by atoms with Crippen LogP contribution in [-0.4, -0.2) is 40.4 Å². The number of hydrogen-bond donors (Lipinski definition) is 1. The predicted octanol–water partition coefficient (Wildman–Crippen LogP) is 0.912. The van der Waals surface area contributed by atoms with E-state index >= 15 is 0 Å². The van der Waals surface area contributed by atoms with Crippen LogP contribution in [0.15, 0.2) is 6.07 Å². The smallest absolute Gasteiger partial charge is 0.0597 e. The van der Waals surface area contributed by atoms with Crippen LogP contribution in [0.5, 0.6) is 0 Å². The van der Waals surface area contributed by atoms with Crippen molar-refractivity contribution in [3.8, 4) is 0 Å². The van der Waals surface area contributed by atoms with Gasteiger partial charge in [-0.15, -0.1) is 0 Å². The molecule has 2 heterocycles. The molecule has 0 spiro atoms. The Kier molecular flexibility index (Phi) is 3.61. The van der Waals surface area contributed by atoms with E-state index in [2.05, 4.69) is 35.2 Å². The fourth-order valence-electron chi connectivity index (χ4n) is 2.35. The summed E-state index contributed by atoms with van der Waals surface area (Å²) in [6, 6.07) is 2.84. The van der Waals surface area contributed by atoms with Crippen LogP contribution in [-0.2, 0) is 13.6 Å². The van der Waals surface area contributed by atoms with E-state index < -0.39 is 0 Å². The zero-order valence-electron chi connectivity index (χ0n) is 10.5. The maximum absolute atomic E-state index is 4.39. The molecular formula is C12H22N4. The monoisotopic (exact) mass is 222 g/mol. The van der Waals surface area contributed by atoms with Gasteiger partial charge in [0.25, 0.3) is 0 Å². The van der Waals surface area contributed by atoms with Crippen molar-refractivity contribution in [1.29, 1.82) is 0 Å². The molecule has 1 atom stereocenters. The van der Waals surface area contributed by atoms with E-state index in [0.717, 1.165) is 31.9 Å². The van der Waals surface area contributed by atoms with Crippen LogP contribution in [0.1, 0.15) is 24.7 Å². The summed E-state index contributed by atoms with van der Waals surface area (Å²) in [5.41, 5.74) is 2.42. The van der Waals surface area contributed by atoms with Crippen molar-refractivity contribution in [1.82, 2.24) is 20.0 Å². The molecule has 1 fully saturated rings. The summed E-state index contributed by atoms with van der Waals surface area (Å²) < 4.78 is 2.00. The van der Waals surface area contributed by atoms with Crippen molar-refractivity contribution in [2.24, 2.45) is 7.05 Å². The van der Waals surface area contributed by atoms with Crippen LogP contribution in [0.25, 0.3) is 0 Å². The number of nitrogens with zero attached hydrogens (tertiary/aromatic N) is 3. The van der Waals surface area contributed by atoms with Gasteiger partial charge in [-0.2, -0.15) is 5.10 Å². The molecule has 1 aliphatic heterocycles. The van der Waals surface area contributed by atoms with Crippen LogP contribution in [0, 0.1) is 6.92 Å². The van der Waals surface area contributed by atoms with E-state index in [1.54, 1.807) is 0 Å². The molecule has 1 aliphatic rings. The number of aromatic nitrogens is 2. The van der Waals surface area contributed by atoms with Gasteiger partial charge in [0.15, 0.2) is 0 Å². The fourth-order valence-corrected chi connectivity index (χ4v) is 2.35. The SMILES string of the molecule is CCC1CN(Cc2cc(C)nn2C)CCN1. The summed E-state index contributed by atoms with van der Waals surface area (Å²) in [4.78, 5) is 2.52. The molecule has 0 bridgehead atoms. The number of nitrogens with one attached hydrogen (secondary N) is 1. The molecule has 2 rings (SSSR count). The van der Waals surface area contributed by atoms with E-state index in [-0.39, 0.29) is 0 Å². The highest BCUT2D eigenvalue weighted by atomic mass is 15.3. The van der Waals surface area contributed by atoms with E-state index in [0.29, 0.717) is 6.04 Å². The number of rotatable bonds is 3. The second-order valence-electron chi connectivity index (χ2n) is 4.70. The lowest BCUT2D eigenvalue weighted by atomic mass is 10.1.